The van der Waals surface area contributed by atoms with E-state index in [1.807, 2.05) is 24.3 Å². The zero-order chi connectivity index (χ0) is 14.9. The first-order valence-electron chi connectivity index (χ1n) is 8.37. The summed E-state index contributed by atoms with van der Waals surface area (Å²) >= 11 is 0. The summed E-state index contributed by atoms with van der Waals surface area (Å²) < 4.78 is 11.8. The fourth-order valence-corrected chi connectivity index (χ4v) is 3.07. The molecule has 0 amide bonds. The van der Waals surface area contributed by atoms with E-state index in [9.17, 15) is 0 Å². The maximum Gasteiger partial charge on any atom is 0.119 e. The average molecular weight is 291 g/mol. The van der Waals surface area contributed by atoms with E-state index in [-0.39, 0.29) is 0 Å². The van der Waals surface area contributed by atoms with Gasteiger partial charge in [0.1, 0.15) is 5.75 Å². The lowest BCUT2D eigenvalue weighted by Gasteiger charge is -2.30. The van der Waals surface area contributed by atoms with E-state index in [0.717, 1.165) is 30.3 Å². The molecule has 2 rings (SSSR count). The third kappa shape index (κ3) is 5.33. The molecule has 3 nitrogen and oxygen atoms in total. The standard InChI is InChI=1S/C18H29NO2/c1-2-16-6-3-4-7-18(16)21-13-5-12-20-17-10-8-15(14-19)9-11-17/h8-11,16,18H,2-7,12-14,19H2,1H3. The Kier molecular flexibility index (Phi) is 7.04. The van der Waals surface area contributed by atoms with Crippen LogP contribution >= 0.6 is 0 Å². The van der Waals surface area contributed by atoms with Gasteiger partial charge in [0.15, 0.2) is 0 Å². The summed E-state index contributed by atoms with van der Waals surface area (Å²) in [7, 11) is 0. The van der Waals surface area contributed by atoms with Gasteiger partial charge >= 0.3 is 0 Å². The molecule has 0 spiro atoms. The Morgan fingerprint density at radius 2 is 1.86 bits per heavy atom. The van der Waals surface area contributed by atoms with Crippen molar-refractivity contribution in [3.63, 3.8) is 0 Å². The molecule has 0 aliphatic heterocycles. The summed E-state index contributed by atoms with van der Waals surface area (Å²) in [6.07, 6.45) is 7.95. The third-order valence-electron chi connectivity index (χ3n) is 4.41. The van der Waals surface area contributed by atoms with Crippen LogP contribution in [0.1, 0.15) is 51.0 Å². The molecule has 1 aliphatic carbocycles. The van der Waals surface area contributed by atoms with Gasteiger partial charge in [0.25, 0.3) is 0 Å². The summed E-state index contributed by atoms with van der Waals surface area (Å²) in [5, 5.41) is 0. The highest BCUT2D eigenvalue weighted by Gasteiger charge is 2.23. The van der Waals surface area contributed by atoms with Crippen molar-refractivity contribution in [1.82, 2.24) is 0 Å². The van der Waals surface area contributed by atoms with Gasteiger partial charge < -0.3 is 15.2 Å². The largest absolute Gasteiger partial charge is 0.494 e. The normalized spacial score (nSPS) is 22.2. The van der Waals surface area contributed by atoms with Crippen LogP contribution in [0, 0.1) is 5.92 Å². The molecule has 3 heteroatoms. The highest BCUT2D eigenvalue weighted by Crippen LogP contribution is 2.29. The Labute approximate surface area is 128 Å². The van der Waals surface area contributed by atoms with Gasteiger partial charge in [-0.25, -0.2) is 0 Å². The molecule has 118 valence electrons. The summed E-state index contributed by atoms with van der Waals surface area (Å²) in [6.45, 7) is 4.38. The molecule has 0 bridgehead atoms. The van der Waals surface area contributed by atoms with Crippen LogP contribution < -0.4 is 10.5 Å². The first-order chi connectivity index (χ1) is 10.3. The van der Waals surface area contributed by atoms with E-state index in [1.165, 1.54) is 32.1 Å². The average Bonchev–Trinajstić information content (AvgIpc) is 2.55. The maximum absolute atomic E-state index is 6.06. The molecule has 0 saturated heterocycles. The molecule has 0 radical (unpaired) electrons. The van der Waals surface area contributed by atoms with E-state index in [1.54, 1.807) is 0 Å². The Bertz CT molecular complexity index is 391. The van der Waals surface area contributed by atoms with E-state index < -0.39 is 0 Å². The Morgan fingerprint density at radius 3 is 2.57 bits per heavy atom. The second-order valence-corrected chi connectivity index (χ2v) is 5.91. The van der Waals surface area contributed by atoms with E-state index in [2.05, 4.69) is 6.92 Å². The predicted octanol–water partition coefficient (Wildman–Crippen LogP) is 3.90. The summed E-state index contributed by atoms with van der Waals surface area (Å²) in [5.74, 6) is 1.68. The van der Waals surface area contributed by atoms with Crippen molar-refractivity contribution in [2.75, 3.05) is 13.2 Å². The van der Waals surface area contributed by atoms with Crippen LogP contribution in [0.25, 0.3) is 0 Å². The van der Waals surface area contributed by atoms with Gasteiger partial charge in [-0.15, -0.1) is 0 Å². The number of hydrogen-bond donors (Lipinski definition) is 1. The molecule has 1 aliphatic rings. The summed E-state index contributed by atoms with van der Waals surface area (Å²) in [5.41, 5.74) is 6.71. The zero-order valence-corrected chi connectivity index (χ0v) is 13.2. The Morgan fingerprint density at radius 1 is 1.10 bits per heavy atom. The predicted molar refractivity (Wildman–Crippen MR) is 86.4 cm³/mol. The fraction of sp³-hybridized carbons (Fsp3) is 0.667. The van der Waals surface area contributed by atoms with Crippen molar-refractivity contribution >= 4 is 0 Å². The molecule has 0 heterocycles. The molecule has 2 N–H and O–H groups in total. The third-order valence-corrected chi connectivity index (χ3v) is 4.41. The lowest BCUT2D eigenvalue weighted by Crippen LogP contribution is -2.27. The minimum absolute atomic E-state index is 0.479. The lowest BCUT2D eigenvalue weighted by atomic mass is 9.85. The molecule has 1 aromatic rings. The lowest BCUT2D eigenvalue weighted by molar-refractivity contribution is -0.0158. The van der Waals surface area contributed by atoms with Gasteiger partial charge in [0.05, 0.1) is 19.3 Å². The number of nitrogens with two attached hydrogens (primary N) is 1. The summed E-state index contributed by atoms with van der Waals surface area (Å²) in [6, 6.07) is 7.99. The van der Waals surface area contributed by atoms with Crippen LogP contribution in [0.5, 0.6) is 5.75 Å². The quantitative estimate of drug-likeness (QED) is 0.739. The zero-order valence-electron chi connectivity index (χ0n) is 13.2. The topological polar surface area (TPSA) is 44.5 Å². The monoisotopic (exact) mass is 291 g/mol. The molecule has 2 atom stereocenters. The van der Waals surface area contributed by atoms with Crippen molar-refractivity contribution in [2.45, 2.75) is 58.1 Å². The number of ether oxygens (including phenoxy) is 2. The van der Waals surface area contributed by atoms with Crippen LogP contribution in [0.4, 0.5) is 0 Å². The first kappa shape index (κ1) is 16.3. The van der Waals surface area contributed by atoms with Crippen molar-refractivity contribution in [2.24, 2.45) is 11.7 Å². The van der Waals surface area contributed by atoms with Crippen LogP contribution in [0.15, 0.2) is 24.3 Å². The van der Waals surface area contributed by atoms with Crippen molar-refractivity contribution in [3.05, 3.63) is 29.8 Å². The molecular weight excluding hydrogens is 262 g/mol. The molecule has 1 aromatic carbocycles. The van der Waals surface area contributed by atoms with Crippen molar-refractivity contribution < 1.29 is 9.47 Å². The molecule has 1 saturated carbocycles. The minimum Gasteiger partial charge on any atom is -0.494 e. The SMILES string of the molecule is CCC1CCCCC1OCCCOc1ccc(CN)cc1. The molecule has 1 fully saturated rings. The van der Waals surface area contributed by atoms with E-state index >= 15 is 0 Å². The van der Waals surface area contributed by atoms with Gasteiger partial charge in [0, 0.05) is 13.0 Å². The van der Waals surface area contributed by atoms with Gasteiger partial charge in [-0.3, -0.25) is 0 Å². The molecule has 21 heavy (non-hydrogen) atoms. The van der Waals surface area contributed by atoms with Crippen LogP contribution in [0.2, 0.25) is 0 Å². The van der Waals surface area contributed by atoms with Crippen molar-refractivity contribution in [1.29, 1.82) is 0 Å². The van der Waals surface area contributed by atoms with Gasteiger partial charge in [-0.2, -0.15) is 0 Å². The van der Waals surface area contributed by atoms with Gasteiger partial charge in [-0.1, -0.05) is 38.3 Å². The van der Waals surface area contributed by atoms with E-state index in [4.69, 9.17) is 15.2 Å². The van der Waals surface area contributed by atoms with E-state index in [0.29, 0.717) is 19.3 Å². The Hall–Kier alpha value is -1.06. The highest BCUT2D eigenvalue weighted by atomic mass is 16.5. The number of hydrogen-bond acceptors (Lipinski definition) is 3. The van der Waals surface area contributed by atoms with Crippen LogP contribution in [-0.4, -0.2) is 19.3 Å². The first-order valence-corrected chi connectivity index (χ1v) is 8.37. The van der Waals surface area contributed by atoms with Crippen LogP contribution in [-0.2, 0) is 11.3 Å². The highest BCUT2D eigenvalue weighted by molar-refractivity contribution is 5.26. The van der Waals surface area contributed by atoms with Crippen molar-refractivity contribution in [3.8, 4) is 5.75 Å². The minimum atomic E-state index is 0.479. The van der Waals surface area contributed by atoms with Gasteiger partial charge in [0.2, 0.25) is 0 Å². The fourth-order valence-electron chi connectivity index (χ4n) is 3.07. The second-order valence-electron chi connectivity index (χ2n) is 5.91. The smallest absolute Gasteiger partial charge is 0.119 e. The number of rotatable bonds is 8. The second kappa shape index (κ2) is 9.06. The molecule has 0 aromatic heterocycles. The Balaban J connectivity index is 1.60. The number of benzene rings is 1. The molecular formula is C18H29NO2. The van der Waals surface area contributed by atoms with Gasteiger partial charge in [-0.05, 0) is 36.5 Å². The maximum atomic E-state index is 6.06. The summed E-state index contributed by atoms with van der Waals surface area (Å²) in [4.78, 5) is 0. The van der Waals surface area contributed by atoms with Crippen LogP contribution in [0.3, 0.4) is 0 Å². The molecule has 2 unspecified atom stereocenters.